The van der Waals surface area contributed by atoms with E-state index in [1.54, 1.807) is 0 Å². The van der Waals surface area contributed by atoms with Crippen molar-refractivity contribution in [3.8, 4) is 0 Å². The van der Waals surface area contributed by atoms with Crippen molar-refractivity contribution in [3.05, 3.63) is 101 Å². The summed E-state index contributed by atoms with van der Waals surface area (Å²) in [5.74, 6) is -7.75. The number of carbonyl (C=O) groups is 5. The molecule has 2 atom stereocenters. The van der Waals surface area contributed by atoms with Crippen molar-refractivity contribution < 1.29 is 69.6 Å². The SMILES string of the molecule is CCOC(=O)c1cccc(NC(=O)[C@H](OC(=O)c2cccc(C(F)(F)F)c2)[C@H](OC(=O)c2cccc(C(F)(F)F)c2)C(=O)O)c1. The normalized spacial score (nSPS) is 12.8. The molecule has 0 bridgehead atoms. The molecule has 0 aromatic heterocycles. The third-order valence-corrected chi connectivity index (χ3v) is 5.74. The van der Waals surface area contributed by atoms with Crippen LogP contribution in [-0.2, 0) is 36.2 Å². The van der Waals surface area contributed by atoms with E-state index in [2.05, 4.69) is 5.32 Å². The Labute approximate surface area is 249 Å². The van der Waals surface area contributed by atoms with E-state index in [0.29, 0.717) is 24.3 Å². The van der Waals surface area contributed by atoms with Gasteiger partial charge in [0, 0.05) is 5.69 Å². The lowest BCUT2D eigenvalue weighted by Crippen LogP contribution is -2.48. The van der Waals surface area contributed by atoms with Crippen LogP contribution >= 0.6 is 0 Å². The molecule has 0 saturated heterocycles. The predicted octanol–water partition coefficient (Wildman–Crippen LogP) is 5.38. The third-order valence-electron chi connectivity index (χ3n) is 5.74. The number of benzene rings is 3. The van der Waals surface area contributed by atoms with Gasteiger partial charge in [0.1, 0.15) is 0 Å². The van der Waals surface area contributed by atoms with Crippen molar-refractivity contribution in [2.45, 2.75) is 31.5 Å². The lowest BCUT2D eigenvalue weighted by atomic mass is 10.1. The van der Waals surface area contributed by atoms with Crippen LogP contribution in [0.1, 0.15) is 49.1 Å². The zero-order chi connectivity index (χ0) is 33.5. The summed E-state index contributed by atoms with van der Waals surface area (Å²) >= 11 is 0. The number of amides is 1. The van der Waals surface area contributed by atoms with Gasteiger partial charge in [-0.15, -0.1) is 0 Å². The number of ether oxygens (including phenoxy) is 3. The summed E-state index contributed by atoms with van der Waals surface area (Å²) in [7, 11) is 0. The van der Waals surface area contributed by atoms with Gasteiger partial charge in [-0.25, -0.2) is 19.2 Å². The van der Waals surface area contributed by atoms with Gasteiger partial charge >= 0.3 is 36.2 Å². The Bertz CT molecular complexity index is 1600. The number of nitrogens with one attached hydrogen (secondary N) is 1. The summed E-state index contributed by atoms with van der Waals surface area (Å²) in [6.45, 7) is 1.53. The number of hydrogen-bond acceptors (Lipinski definition) is 8. The Hall–Kier alpha value is -5.41. The summed E-state index contributed by atoms with van der Waals surface area (Å²) in [5.41, 5.74) is -4.41. The largest absolute Gasteiger partial charge is 0.478 e. The monoisotopic (exact) mass is 641 g/mol. The molecule has 238 valence electrons. The van der Waals surface area contributed by atoms with Crippen molar-refractivity contribution in [2.24, 2.45) is 0 Å². The Morgan fingerprint density at radius 2 is 1.13 bits per heavy atom. The second-order valence-corrected chi connectivity index (χ2v) is 8.94. The van der Waals surface area contributed by atoms with Crippen molar-refractivity contribution in [1.82, 2.24) is 0 Å². The molecule has 0 aliphatic carbocycles. The highest BCUT2D eigenvalue weighted by molar-refractivity contribution is 6.02. The van der Waals surface area contributed by atoms with E-state index < -0.39 is 76.6 Å². The number of hydrogen-bond donors (Lipinski definition) is 2. The van der Waals surface area contributed by atoms with Crippen LogP contribution in [0.25, 0.3) is 0 Å². The van der Waals surface area contributed by atoms with Gasteiger partial charge in [-0.05, 0) is 61.5 Å². The predicted molar refractivity (Wildman–Crippen MR) is 140 cm³/mol. The number of aliphatic carboxylic acids is 1. The van der Waals surface area contributed by atoms with Crippen molar-refractivity contribution >= 4 is 35.5 Å². The van der Waals surface area contributed by atoms with E-state index in [1.165, 1.54) is 25.1 Å². The van der Waals surface area contributed by atoms with E-state index in [4.69, 9.17) is 14.2 Å². The van der Waals surface area contributed by atoms with Gasteiger partial charge in [0.15, 0.2) is 0 Å². The maximum absolute atomic E-state index is 13.3. The highest BCUT2D eigenvalue weighted by Gasteiger charge is 2.42. The van der Waals surface area contributed by atoms with E-state index in [-0.39, 0.29) is 17.9 Å². The fraction of sp³-hybridized carbons (Fsp3) is 0.207. The summed E-state index contributed by atoms with van der Waals surface area (Å²) in [6.07, 6.45) is -15.1. The molecule has 0 radical (unpaired) electrons. The Kier molecular flexibility index (Phi) is 10.5. The molecule has 0 spiro atoms. The van der Waals surface area contributed by atoms with Crippen LogP contribution < -0.4 is 5.32 Å². The molecular formula is C29H21F6NO9. The smallest absolute Gasteiger partial charge is 0.416 e. The van der Waals surface area contributed by atoms with Crippen molar-refractivity contribution in [2.75, 3.05) is 11.9 Å². The first-order chi connectivity index (χ1) is 21.0. The molecule has 0 fully saturated rings. The average Bonchev–Trinajstić information content (AvgIpc) is 2.98. The number of rotatable bonds is 10. The standard InChI is InChI=1S/C29H21F6NO9/c1-2-43-25(40)17-8-5-11-20(14-17)36-23(37)21(44-26(41)15-6-3-9-18(12-15)28(30,31)32)22(24(38)39)45-27(42)16-7-4-10-19(13-16)29(33,34)35/h3-14,21-22H,2H2,1H3,(H,36,37)(H,38,39)/t21-,22+/m1/s1. The van der Waals surface area contributed by atoms with Gasteiger partial charge in [0.25, 0.3) is 5.91 Å². The molecule has 45 heavy (non-hydrogen) atoms. The zero-order valence-electron chi connectivity index (χ0n) is 22.8. The van der Waals surface area contributed by atoms with Gasteiger partial charge < -0.3 is 24.6 Å². The third kappa shape index (κ3) is 9.04. The van der Waals surface area contributed by atoms with Crippen molar-refractivity contribution in [1.29, 1.82) is 0 Å². The van der Waals surface area contributed by atoms with Gasteiger partial charge in [0.05, 0.1) is 34.4 Å². The molecule has 0 saturated carbocycles. The highest BCUT2D eigenvalue weighted by Crippen LogP contribution is 2.31. The molecule has 1 amide bonds. The molecule has 0 aliphatic rings. The van der Waals surface area contributed by atoms with Crippen LogP contribution in [0.3, 0.4) is 0 Å². The maximum atomic E-state index is 13.3. The van der Waals surface area contributed by atoms with E-state index in [0.717, 1.165) is 30.3 Å². The second-order valence-electron chi connectivity index (χ2n) is 8.94. The molecule has 0 unspecified atom stereocenters. The number of carbonyl (C=O) groups excluding carboxylic acids is 4. The number of anilines is 1. The number of carboxylic acid groups (broad SMARTS) is 1. The number of carboxylic acids is 1. The van der Waals surface area contributed by atoms with E-state index in [9.17, 15) is 55.4 Å². The average molecular weight is 641 g/mol. The highest BCUT2D eigenvalue weighted by atomic mass is 19.4. The van der Waals surface area contributed by atoms with E-state index in [1.807, 2.05) is 0 Å². The zero-order valence-corrected chi connectivity index (χ0v) is 22.8. The molecule has 2 N–H and O–H groups in total. The van der Waals surface area contributed by atoms with Gasteiger partial charge in [-0.3, -0.25) is 4.79 Å². The Morgan fingerprint density at radius 3 is 1.58 bits per heavy atom. The van der Waals surface area contributed by atoms with Crippen LogP contribution in [0.15, 0.2) is 72.8 Å². The molecule has 0 aliphatic heterocycles. The minimum Gasteiger partial charge on any atom is -0.478 e. The first-order valence-corrected chi connectivity index (χ1v) is 12.6. The first-order valence-electron chi connectivity index (χ1n) is 12.6. The number of alkyl halides is 6. The molecule has 3 aromatic rings. The van der Waals surface area contributed by atoms with Crippen molar-refractivity contribution in [3.63, 3.8) is 0 Å². The van der Waals surface area contributed by atoms with Crippen LogP contribution in [0.5, 0.6) is 0 Å². The molecule has 16 heteroatoms. The minimum atomic E-state index is -4.90. The lowest BCUT2D eigenvalue weighted by molar-refractivity contribution is -0.157. The van der Waals surface area contributed by atoms with Gasteiger partial charge in [-0.1, -0.05) is 18.2 Å². The maximum Gasteiger partial charge on any atom is 0.416 e. The van der Waals surface area contributed by atoms with Crippen LogP contribution in [-0.4, -0.2) is 53.7 Å². The lowest BCUT2D eigenvalue weighted by Gasteiger charge is -2.24. The fourth-order valence-electron chi connectivity index (χ4n) is 3.66. The Morgan fingerprint density at radius 1 is 0.689 bits per heavy atom. The summed E-state index contributed by atoms with van der Waals surface area (Å²) in [4.78, 5) is 63.1. The molecule has 3 rings (SSSR count). The second kappa shape index (κ2) is 13.9. The van der Waals surface area contributed by atoms with Crippen LogP contribution in [0, 0.1) is 0 Å². The topological polar surface area (TPSA) is 145 Å². The molecule has 10 nitrogen and oxygen atoms in total. The Balaban J connectivity index is 1.99. The molecule has 3 aromatic carbocycles. The van der Waals surface area contributed by atoms with Crippen LogP contribution in [0.4, 0.5) is 32.0 Å². The fourth-order valence-corrected chi connectivity index (χ4v) is 3.66. The van der Waals surface area contributed by atoms with E-state index >= 15 is 0 Å². The summed E-state index contributed by atoms with van der Waals surface area (Å²) in [6, 6.07) is 10.2. The number of halogens is 6. The van der Waals surface area contributed by atoms with Gasteiger partial charge in [-0.2, -0.15) is 26.3 Å². The summed E-state index contributed by atoms with van der Waals surface area (Å²) in [5, 5.41) is 12.0. The molecule has 0 heterocycles. The number of esters is 3. The van der Waals surface area contributed by atoms with Crippen LogP contribution in [0.2, 0.25) is 0 Å². The molecular weight excluding hydrogens is 620 g/mol. The first kappa shape index (κ1) is 34.1. The minimum absolute atomic E-state index is 0.000518. The van der Waals surface area contributed by atoms with Gasteiger partial charge in [0.2, 0.25) is 12.2 Å². The summed E-state index contributed by atoms with van der Waals surface area (Å²) < 4.78 is 93.6. The quantitative estimate of drug-likeness (QED) is 0.169.